The quantitative estimate of drug-likeness (QED) is 0.780. The maximum atomic E-state index is 13.1. The molecule has 0 aliphatic carbocycles. The van der Waals surface area contributed by atoms with Crippen LogP contribution in [0.2, 0.25) is 5.02 Å². The van der Waals surface area contributed by atoms with Gasteiger partial charge in [0.05, 0.1) is 5.02 Å². The Balaban J connectivity index is 3.25. The average Bonchev–Trinajstić information content (AvgIpc) is 2.08. The molecular formula is C11H15ClFNO. The largest absolute Gasteiger partial charge is 0.506 e. The van der Waals surface area contributed by atoms with Gasteiger partial charge >= 0.3 is 0 Å². The van der Waals surface area contributed by atoms with Crippen molar-refractivity contribution < 1.29 is 9.50 Å². The summed E-state index contributed by atoms with van der Waals surface area (Å²) in [6.07, 6.45) is 0. The van der Waals surface area contributed by atoms with E-state index in [9.17, 15) is 9.50 Å². The van der Waals surface area contributed by atoms with Crippen LogP contribution >= 0.6 is 11.6 Å². The molecule has 1 aromatic carbocycles. The molecule has 84 valence electrons. The second-order valence-corrected chi connectivity index (χ2v) is 5.08. The summed E-state index contributed by atoms with van der Waals surface area (Å²) in [5.41, 5.74) is 6.00. The van der Waals surface area contributed by atoms with Crippen LogP contribution in [-0.4, -0.2) is 5.11 Å². The van der Waals surface area contributed by atoms with Gasteiger partial charge in [-0.05, 0) is 17.5 Å². The first-order valence-corrected chi connectivity index (χ1v) is 5.04. The van der Waals surface area contributed by atoms with Gasteiger partial charge in [-0.3, -0.25) is 0 Å². The number of phenols is 1. The maximum absolute atomic E-state index is 13.1. The fourth-order valence-corrected chi connectivity index (χ4v) is 1.50. The van der Waals surface area contributed by atoms with Gasteiger partial charge < -0.3 is 10.8 Å². The van der Waals surface area contributed by atoms with Gasteiger partial charge in [0.25, 0.3) is 0 Å². The fourth-order valence-electron chi connectivity index (χ4n) is 1.29. The molecule has 4 heteroatoms. The molecule has 0 saturated heterocycles. The molecule has 1 rings (SSSR count). The van der Waals surface area contributed by atoms with E-state index in [2.05, 4.69) is 0 Å². The Kier molecular flexibility index (Phi) is 3.26. The number of rotatable bonds is 1. The smallest absolute Gasteiger partial charge is 0.139 e. The van der Waals surface area contributed by atoms with Crippen molar-refractivity contribution >= 4 is 11.6 Å². The number of nitrogens with two attached hydrogens (primary N) is 1. The first-order chi connectivity index (χ1) is 6.73. The van der Waals surface area contributed by atoms with Gasteiger partial charge in [0.15, 0.2) is 0 Å². The van der Waals surface area contributed by atoms with Crippen LogP contribution in [0.15, 0.2) is 12.1 Å². The molecule has 1 aromatic rings. The van der Waals surface area contributed by atoms with Crippen LogP contribution in [0.3, 0.4) is 0 Å². The standard InChI is InChI=1S/C11H15ClFNO/c1-11(2,3)10(14)7-4-6(13)5-8(12)9(7)15/h4-5,10,15H,14H2,1-3H3. The second kappa shape index (κ2) is 3.99. The van der Waals surface area contributed by atoms with Gasteiger partial charge in [0.2, 0.25) is 0 Å². The molecule has 0 aromatic heterocycles. The molecule has 1 atom stereocenters. The number of benzene rings is 1. The predicted molar refractivity (Wildman–Crippen MR) is 59.5 cm³/mol. The molecule has 15 heavy (non-hydrogen) atoms. The third kappa shape index (κ3) is 2.61. The van der Waals surface area contributed by atoms with E-state index in [1.807, 2.05) is 20.8 Å². The summed E-state index contributed by atoms with van der Waals surface area (Å²) < 4.78 is 13.1. The van der Waals surface area contributed by atoms with Gasteiger partial charge in [-0.2, -0.15) is 0 Å². The third-order valence-corrected chi connectivity index (χ3v) is 2.61. The number of halogens is 2. The Morgan fingerprint density at radius 2 is 1.93 bits per heavy atom. The van der Waals surface area contributed by atoms with Crippen molar-refractivity contribution in [3.05, 3.63) is 28.5 Å². The van der Waals surface area contributed by atoms with Gasteiger partial charge in [-0.25, -0.2) is 4.39 Å². The summed E-state index contributed by atoms with van der Waals surface area (Å²) in [6.45, 7) is 5.74. The first kappa shape index (κ1) is 12.3. The number of hydrogen-bond acceptors (Lipinski definition) is 2. The highest BCUT2D eigenvalue weighted by Gasteiger charge is 2.26. The van der Waals surface area contributed by atoms with Crippen molar-refractivity contribution in [2.24, 2.45) is 11.1 Å². The monoisotopic (exact) mass is 231 g/mol. The van der Waals surface area contributed by atoms with Crippen molar-refractivity contribution in [1.29, 1.82) is 0 Å². The first-order valence-electron chi connectivity index (χ1n) is 4.67. The zero-order valence-corrected chi connectivity index (χ0v) is 9.77. The molecule has 0 heterocycles. The molecule has 2 nitrogen and oxygen atoms in total. The minimum atomic E-state index is -0.493. The molecule has 0 amide bonds. The Hall–Kier alpha value is -0.800. The van der Waals surface area contributed by atoms with Crippen LogP contribution in [0, 0.1) is 11.2 Å². The summed E-state index contributed by atoms with van der Waals surface area (Å²) in [7, 11) is 0. The lowest BCUT2D eigenvalue weighted by Gasteiger charge is -2.28. The van der Waals surface area contributed by atoms with E-state index in [0.717, 1.165) is 6.07 Å². The molecule has 0 aliphatic rings. The normalized spacial score (nSPS) is 14.0. The van der Waals surface area contributed by atoms with Gasteiger partial charge in [0.1, 0.15) is 11.6 Å². The number of hydrogen-bond donors (Lipinski definition) is 2. The van der Waals surface area contributed by atoms with E-state index in [-0.39, 0.29) is 16.2 Å². The van der Waals surface area contributed by atoms with Crippen LogP contribution in [0.1, 0.15) is 32.4 Å². The molecule has 3 N–H and O–H groups in total. The SMILES string of the molecule is CC(C)(C)C(N)c1cc(F)cc(Cl)c1O. The van der Waals surface area contributed by atoms with Crippen molar-refractivity contribution in [3.63, 3.8) is 0 Å². The van der Waals surface area contributed by atoms with E-state index in [1.54, 1.807) is 0 Å². The zero-order valence-electron chi connectivity index (χ0n) is 9.01. The molecule has 0 fully saturated rings. The Morgan fingerprint density at radius 3 is 2.40 bits per heavy atom. The lowest BCUT2D eigenvalue weighted by Crippen LogP contribution is -2.26. The third-order valence-electron chi connectivity index (χ3n) is 2.33. The minimum absolute atomic E-state index is 0.00954. The predicted octanol–water partition coefficient (Wildman–Crippen LogP) is 3.23. The molecule has 0 bridgehead atoms. The lowest BCUT2D eigenvalue weighted by molar-refractivity contribution is 0.317. The van der Waals surface area contributed by atoms with Crippen LogP contribution < -0.4 is 5.73 Å². The van der Waals surface area contributed by atoms with Crippen molar-refractivity contribution in [3.8, 4) is 5.75 Å². The fraction of sp³-hybridized carbons (Fsp3) is 0.455. The van der Waals surface area contributed by atoms with Crippen LogP contribution in [0.4, 0.5) is 4.39 Å². The summed E-state index contributed by atoms with van der Waals surface area (Å²) >= 11 is 5.67. The molecule has 0 spiro atoms. The Labute approximate surface area is 93.9 Å². The zero-order chi connectivity index (χ0) is 11.8. The molecule has 1 unspecified atom stereocenters. The maximum Gasteiger partial charge on any atom is 0.139 e. The van der Waals surface area contributed by atoms with E-state index in [1.165, 1.54) is 6.07 Å². The second-order valence-electron chi connectivity index (χ2n) is 4.67. The van der Waals surface area contributed by atoms with Gasteiger partial charge in [-0.15, -0.1) is 0 Å². The summed E-state index contributed by atoms with van der Waals surface area (Å²) in [5.74, 6) is -0.631. The van der Waals surface area contributed by atoms with E-state index in [4.69, 9.17) is 17.3 Å². The van der Waals surface area contributed by atoms with Crippen molar-refractivity contribution in [2.45, 2.75) is 26.8 Å². The lowest BCUT2D eigenvalue weighted by atomic mass is 9.83. The van der Waals surface area contributed by atoms with Gasteiger partial charge in [0, 0.05) is 11.6 Å². The average molecular weight is 232 g/mol. The highest BCUT2D eigenvalue weighted by molar-refractivity contribution is 6.32. The van der Waals surface area contributed by atoms with Crippen molar-refractivity contribution in [1.82, 2.24) is 0 Å². The highest BCUT2D eigenvalue weighted by atomic mass is 35.5. The minimum Gasteiger partial charge on any atom is -0.506 e. The number of phenolic OH excluding ortho intramolecular Hbond substituents is 1. The highest BCUT2D eigenvalue weighted by Crippen LogP contribution is 2.38. The Morgan fingerprint density at radius 1 is 1.40 bits per heavy atom. The van der Waals surface area contributed by atoms with Crippen molar-refractivity contribution in [2.75, 3.05) is 0 Å². The molecular weight excluding hydrogens is 217 g/mol. The molecule has 0 saturated carbocycles. The number of aromatic hydroxyl groups is 1. The van der Waals surface area contributed by atoms with Crippen LogP contribution in [-0.2, 0) is 0 Å². The van der Waals surface area contributed by atoms with E-state index in [0.29, 0.717) is 5.56 Å². The summed E-state index contributed by atoms with van der Waals surface area (Å²) in [4.78, 5) is 0. The topological polar surface area (TPSA) is 46.2 Å². The van der Waals surface area contributed by atoms with Crippen LogP contribution in [0.25, 0.3) is 0 Å². The summed E-state index contributed by atoms with van der Waals surface area (Å²) in [6, 6.07) is 1.82. The Bertz CT molecular complexity index is 374. The molecule has 0 aliphatic heterocycles. The summed E-state index contributed by atoms with van der Waals surface area (Å²) in [5, 5.41) is 9.67. The molecule has 0 radical (unpaired) electrons. The van der Waals surface area contributed by atoms with E-state index < -0.39 is 11.9 Å². The van der Waals surface area contributed by atoms with Gasteiger partial charge in [-0.1, -0.05) is 32.4 Å². The van der Waals surface area contributed by atoms with Crippen LogP contribution in [0.5, 0.6) is 5.75 Å². The van der Waals surface area contributed by atoms with E-state index >= 15 is 0 Å².